The van der Waals surface area contributed by atoms with Crippen LogP contribution in [0.15, 0.2) is 35.9 Å². The quantitative estimate of drug-likeness (QED) is 0.779. The number of hydrogen-bond acceptors (Lipinski definition) is 5. The van der Waals surface area contributed by atoms with Gasteiger partial charge in [0.25, 0.3) is 0 Å². The van der Waals surface area contributed by atoms with Gasteiger partial charge in [-0.05, 0) is 41.5 Å². The van der Waals surface area contributed by atoms with Crippen molar-refractivity contribution >= 4 is 11.9 Å². The van der Waals surface area contributed by atoms with Gasteiger partial charge in [-0.1, -0.05) is 0 Å². The summed E-state index contributed by atoms with van der Waals surface area (Å²) < 4.78 is 21.2. The molecule has 0 bridgehead atoms. The van der Waals surface area contributed by atoms with E-state index in [9.17, 15) is 4.79 Å². The molecule has 25 heavy (non-hydrogen) atoms. The average Bonchev–Trinajstić information content (AvgIpc) is 2.94. The first-order valence-electron chi connectivity index (χ1n) is 7.82. The fraction of sp³-hybridized carbons (Fsp3) is 0.250. The van der Waals surface area contributed by atoms with Gasteiger partial charge in [-0.15, -0.1) is 0 Å². The number of ether oxygens (including phenoxy) is 4. The van der Waals surface area contributed by atoms with E-state index in [0.717, 1.165) is 11.1 Å². The maximum Gasteiger partial charge on any atom is 0.189 e. The Morgan fingerprint density at radius 2 is 1.40 bits per heavy atom. The first-order valence-corrected chi connectivity index (χ1v) is 7.82. The summed E-state index contributed by atoms with van der Waals surface area (Å²) in [7, 11) is 6.34. The summed E-state index contributed by atoms with van der Waals surface area (Å²) >= 11 is 0. The van der Waals surface area contributed by atoms with Crippen LogP contribution >= 0.6 is 0 Å². The van der Waals surface area contributed by atoms with Crippen LogP contribution in [0.2, 0.25) is 0 Å². The van der Waals surface area contributed by atoms with Crippen LogP contribution in [0, 0.1) is 0 Å². The predicted octanol–water partition coefficient (Wildman–Crippen LogP) is 3.54. The van der Waals surface area contributed by atoms with Crippen molar-refractivity contribution in [2.24, 2.45) is 0 Å². The number of Topliss-reactive ketones (excluding diaryl/α,β-unsaturated/α-hetero) is 1. The lowest BCUT2D eigenvalue weighted by Gasteiger charge is -2.08. The molecule has 0 aromatic heterocycles. The minimum Gasteiger partial charge on any atom is -0.497 e. The lowest BCUT2D eigenvalue weighted by molar-refractivity contribution is 0.104. The van der Waals surface area contributed by atoms with Crippen LogP contribution in [0.3, 0.4) is 0 Å². The van der Waals surface area contributed by atoms with Crippen molar-refractivity contribution < 1.29 is 23.7 Å². The molecular weight excluding hydrogens is 320 g/mol. The lowest BCUT2D eigenvalue weighted by atomic mass is 10.1. The summed E-state index contributed by atoms with van der Waals surface area (Å²) in [5, 5.41) is 0. The largest absolute Gasteiger partial charge is 0.497 e. The number of carbonyl (C=O) groups excluding carboxylic acids is 1. The molecule has 1 aliphatic carbocycles. The molecule has 0 fully saturated rings. The van der Waals surface area contributed by atoms with Gasteiger partial charge in [-0.25, -0.2) is 0 Å². The molecular formula is C20H20O5. The third-order valence-corrected chi connectivity index (χ3v) is 4.24. The molecule has 0 heterocycles. The molecule has 3 rings (SSSR count). The fourth-order valence-corrected chi connectivity index (χ4v) is 2.97. The Morgan fingerprint density at radius 1 is 0.800 bits per heavy atom. The molecule has 0 unspecified atom stereocenters. The molecule has 5 nitrogen and oxygen atoms in total. The molecule has 0 saturated carbocycles. The van der Waals surface area contributed by atoms with E-state index in [-0.39, 0.29) is 5.78 Å². The molecule has 0 N–H and O–H groups in total. The summed E-state index contributed by atoms with van der Waals surface area (Å²) in [4.78, 5) is 12.8. The standard InChI is InChI=1S/C20H20O5/c1-22-15-6-12(7-16(10-15)23-2)5-14-8-13-9-18(24-3)19(25-4)11-17(13)20(14)21/h5-7,9-11H,8H2,1-4H3. The Balaban J connectivity index is 2.00. The van der Waals surface area contributed by atoms with Crippen molar-refractivity contribution in [1.82, 2.24) is 0 Å². The van der Waals surface area contributed by atoms with Crippen LogP contribution in [-0.4, -0.2) is 34.2 Å². The minimum atomic E-state index is -0.00209. The monoisotopic (exact) mass is 340 g/mol. The molecule has 5 heteroatoms. The highest BCUT2D eigenvalue weighted by molar-refractivity contribution is 6.16. The first-order chi connectivity index (χ1) is 12.1. The van der Waals surface area contributed by atoms with Crippen LogP contribution in [-0.2, 0) is 6.42 Å². The van der Waals surface area contributed by atoms with Crippen LogP contribution in [0.25, 0.3) is 6.08 Å². The lowest BCUT2D eigenvalue weighted by Crippen LogP contribution is -1.97. The number of ketones is 1. The second-order valence-corrected chi connectivity index (χ2v) is 5.69. The zero-order chi connectivity index (χ0) is 18.0. The zero-order valence-electron chi connectivity index (χ0n) is 14.7. The smallest absolute Gasteiger partial charge is 0.189 e. The van der Waals surface area contributed by atoms with E-state index in [1.807, 2.05) is 24.3 Å². The highest BCUT2D eigenvalue weighted by Crippen LogP contribution is 2.37. The molecule has 0 saturated heterocycles. The van der Waals surface area contributed by atoms with Crippen molar-refractivity contribution in [1.29, 1.82) is 0 Å². The van der Waals surface area contributed by atoms with E-state index in [4.69, 9.17) is 18.9 Å². The summed E-state index contributed by atoms with van der Waals surface area (Å²) in [6, 6.07) is 9.13. The Hall–Kier alpha value is -2.95. The number of methoxy groups -OCH3 is 4. The third-order valence-electron chi connectivity index (χ3n) is 4.24. The molecule has 130 valence electrons. The Morgan fingerprint density at radius 3 is 1.96 bits per heavy atom. The van der Waals surface area contributed by atoms with E-state index in [2.05, 4.69) is 0 Å². The normalized spacial score (nSPS) is 14.4. The highest BCUT2D eigenvalue weighted by atomic mass is 16.5. The van der Waals surface area contributed by atoms with Gasteiger partial charge in [0.15, 0.2) is 17.3 Å². The summed E-state index contributed by atoms with van der Waals surface area (Å²) in [5.74, 6) is 2.53. The molecule has 0 spiro atoms. The van der Waals surface area contributed by atoms with E-state index in [1.165, 1.54) is 0 Å². The number of carbonyl (C=O) groups is 1. The highest BCUT2D eigenvalue weighted by Gasteiger charge is 2.27. The van der Waals surface area contributed by atoms with Gasteiger partial charge in [0.05, 0.1) is 28.4 Å². The Bertz CT molecular complexity index is 829. The van der Waals surface area contributed by atoms with Gasteiger partial charge in [0.2, 0.25) is 0 Å². The number of benzene rings is 2. The number of fused-ring (bicyclic) bond motifs is 1. The summed E-state index contributed by atoms with van der Waals surface area (Å²) in [6.07, 6.45) is 2.42. The topological polar surface area (TPSA) is 54.0 Å². The van der Waals surface area contributed by atoms with Gasteiger partial charge < -0.3 is 18.9 Å². The van der Waals surface area contributed by atoms with Gasteiger partial charge in [-0.2, -0.15) is 0 Å². The van der Waals surface area contributed by atoms with Crippen LogP contribution < -0.4 is 18.9 Å². The first kappa shape index (κ1) is 16.9. The van der Waals surface area contributed by atoms with Gasteiger partial charge in [0.1, 0.15) is 11.5 Å². The molecule has 0 atom stereocenters. The van der Waals surface area contributed by atoms with Crippen LogP contribution in [0.4, 0.5) is 0 Å². The Labute approximate surface area is 146 Å². The second kappa shape index (κ2) is 6.89. The van der Waals surface area contributed by atoms with E-state index >= 15 is 0 Å². The van der Waals surface area contributed by atoms with Gasteiger partial charge in [-0.3, -0.25) is 4.79 Å². The average molecular weight is 340 g/mol. The van der Waals surface area contributed by atoms with E-state index < -0.39 is 0 Å². The van der Waals surface area contributed by atoms with Crippen molar-refractivity contribution in [2.75, 3.05) is 28.4 Å². The molecule has 0 aliphatic heterocycles. The molecule has 2 aromatic carbocycles. The summed E-state index contributed by atoms with van der Waals surface area (Å²) in [5.41, 5.74) is 3.15. The van der Waals surface area contributed by atoms with Crippen molar-refractivity contribution in [3.63, 3.8) is 0 Å². The molecule has 2 aromatic rings. The summed E-state index contributed by atoms with van der Waals surface area (Å²) in [6.45, 7) is 0. The number of hydrogen-bond donors (Lipinski definition) is 0. The molecule has 0 radical (unpaired) electrons. The predicted molar refractivity (Wildman–Crippen MR) is 95.1 cm³/mol. The van der Waals surface area contributed by atoms with Crippen molar-refractivity contribution in [2.45, 2.75) is 6.42 Å². The number of rotatable bonds is 5. The molecule has 0 amide bonds. The third kappa shape index (κ3) is 3.18. The van der Waals surface area contributed by atoms with Crippen LogP contribution in [0.5, 0.6) is 23.0 Å². The maximum absolute atomic E-state index is 12.8. The van der Waals surface area contributed by atoms with Crippen LogP contribution in [0.1, 0.15) is 21.5 Å². The second-order valence-electron chi connectivity index (χ2n) is 5.69. The molecule has 1 aliphatic rings. The van der Waals surface area contributed by atoms with Crippen molar-refractivity contribution in [3.05, 3.63) is 52.6 Å². The van der Waals surface area contributed by atoms with Crippen molar-refractivity contribution in [3.8, 4) is 23.0 Å². The number of allylic oxidation sites excluding steroid dienone is 1. The SMILES string of the molecule is COc1cc(C=C2Cc3cc(OC)c(OC)cc3C2=O)cc(OC)c1. The van der Waals surface area contributed by atoms with Gasteiger partial charge in [0, 0.05) is 23.6 Å². The minimum absolute atomic E-state index is 0.00209. The van der Waals surface area contributed by atoms with Gasteiger partial charge >= 0.3 is 0 Å². The van der Waals surface area contributed by atoms with E-state index in [0.29, 0.717) is 40.6 Å². The maximum atomic E-state index is 12.8. The zero-order valence-corrected chi connectivity index (χ0v) is 14.7. The Kier molecular flexibility index (Phi) is 4.65. The van der Waals surface area contributed by atoms with E-state index in [1.54, 1.807) is 40.6 Å². The fourth-order valence-electron chi connectivity index (χ4n) is 2.97.